The molecule has 162 valence electrons. The molecule has 0 radical (unpaired) electrons. The fourth-order valence-electron chi connectivity index (χ4n) is 3.42. The van der Waals surface area contributed by atoms with E-state index in [-0.39, 0.29) is 15.9 Å². The molecule has 0 spiro atoms. The number of para-hydroxylation sites is 1. The zero-order valence-electron chi connectivity index (χ0n) is 17.7. The molecule has 3 aromatic carbocycles. The molecular weight excluding hydrogens is 440 g/mol. The number of nitrogens with zero attached hydrogens (tertiary/aromatic N) is 3. The van der Waals surface area contributed by atoms with Crippen molar-refractivity contribution in [1.82, 2.24) is 4.90 Å². The minimum absolute atomic E-state index is 0.0517. The van der Waals surface area contributed by atoms with E-state index in [0.29, 0.717) is 11.7 Å². The van der Waals surface area contributed by atoms with E-state index < -0.39 is 0 Å². The van der Waals surface area contributed by atoms with Gasteiger partial charge in [0, 0.05) is 24.4 Å². The molecule has 1 fully saturated rings. The van der Waals surface area contributed by atoms with Crippen molar-refractivity contribution in [2.75, 3.05) is 11.9 Å². The van der Waals surface area contributed by atoms with E-state index in [1.54, 1.807) is 23.9 Å². The van der Waals surface area contributed by atoms with Gasteiger partial charge in [-0.15, -0.1) is 0 Å². The van der Waals surface area contributed by atoms with Crippen molar-refractivity contribution in [2.45, 2.75) is 19.1 Å². The average molecular weight is 463 g/mol. The number of nitrogens with one attached hydrogen (secondary N) is 1. The summed E-state index contributed by atoms with van der Waals surface area (Å²) in [4.78, 5) is 17.5. The maximum absolute atomic E-state index is 11.0. The van der Waals surface area contributed by atoms with Gasteiger partial charge in [-0.1, -0.05) is 54.2 Å². The Bertz CT molecular complexity index is 1190. The van der Waals surface area contributed by atoms with Crippen molar-refractivity contribution in [2.24, 2.45) is 4.99 Å². The summed E-state index contributed by atoms with van der Waals surface area (Å²) < 4.78 is 0. The van der Waals surface area contributed by atoms with E-state index in [1.807, 2.05) is 79.4 Å². The Morgan fingerprint density at radius 2 is 1.88 bits per heavy atom. The number of non-ortho nitro benzene ring substituents is 1. The quantitative estimate of drug-likeness (QED) is 0.275. The average Bonchev–Trinajstić information content (AvgIpc) is 3.19. The van der Waals surface area contributed by atoms with Crippen LogP contribution in [0.1, 0.15) is 21.9 Å². The highest BCUT2D eigenvalue weighted by atomic mass is 32.2. The second-order valence-corrected chi connectivity index (χ2v) is 9.10. The number of hydrogen-bond acceptors (Lipinski definition) is 5. The first-order valence-corrected chi connectivity index (χ1v) is 11.4. The van der Waals surface area contributed by atoms with Gasteiger partial charge < -0.3 is 5.32 Å². The molecule has 1 aliphatic rings. The summed E-state index contributed by atoms with van der Waals surface area (Å²) in [6.45, 7) is 4.68. The first-order valence-electron chi connectivity index (χ1n) is 10.1. The van der Waals surface area contributed by atoms with E-state index in [9.17, 15) is 10.1 Å². The summed E-state index contributed by atoms with van der Waals surface area (Å²) in [7, 11) is 0. The number of anilines is 1. The molecule has 4 rings (SSSR count). The van der Waals surface area contributed by atoms with E-state index in [0.717, 1.165) is 33.2 Å². The Hall–Kier alpha value is -3.23. The summed E-state index contributed by atoms with van der Waals surface area (Å²) in [6, 6.07) is 22.7. The van der Waals surface area contributed by atoms with Crippen LogP contribution in [0.5, 0.6) is 0 Å². The predicted octanol–water partition coefficient (Wildman–Crippen LogP) is 6.39. The maximum atomic E-state index is 11.0. The van der Waals surface area contributed by atoms with Crippen molar-refractivity contribution in [3.8, 4) is 0 Å². The lowest BCUT2D eigenvalue weighted by Crippen LogP contribution is -2.35. The van der Waals surface area contributed by atoms with Crippen molar-refractivity contribution in [3.63, 3.8) is 0 Å². The first kappa shape index (κ1) is 22.0. The molecule has 0 aliphatic carbocycles. The highest BCUT2D eigenvalue weighted by Gasteiger charge is 2.33. The largest absolute Gasteiger partial charge is 0.332 e. The third kappa shape index (κ3) is 4.98. The number of thioether (sulfide) groups is 1. The van der Waals surface area contributed by atoms with Crippen LogP contribution < -0.4 is 5.32 Å². The van der Waals surface area contributed by atoms with Gasteiger partial charge in [-0.05, 0) is 61.0 Å². The third-order valence-electron chi connectivity index (χ3n) is 5.15. The van der Waals surface area contributed by atoms with Gasteiger partial charge in [0.05, 0.1) is 15.9 Å². The lowest BCUT2D eigenvalue weighted by Gasteiger charge is -2.21. The number of benzene rings is 3. The molecule has 0 saturated carbocycles. The van der Waals surface area contributed by atoms with Crippen LogP contribution in [0.4, 0.5) is 17.1 Å². The van der Waals surface area contributed by atoms with Gasteiger partial charge in [-0.3, -0.25) is 15.0 Å². The third-order valence-corrected chi connectivity index (χ3v) is 6.70. The molecule has 1 saturated heterocycles. The Morgan fingerprint density at radius 1 is 1.12 bits per heavy atom. The molecule has 1 unspecified atom stereocenters. The predicted molar refractivity (Wildman–Crippen MR) is 136 cm³/mol. The Balaban J connectivity index is 1.64. The molecule has 1 N–H and O–H groups in total. The number of thiocarbonyl (C=S) groups is 1. The van der Waals surface area contributed by atoms with Gasteiger partial charge in [0.25, 0.3) is 5.69 Å². The highest BCUT2D eigenvalue weighted by Crippen LogP contribution is 2.40. The van der Waals surface area contributed by atoms with Crippen LogP contribution in [-0.2, 0) is 0 Å². The molecule has 8 heteroatoms. The Labute approximate surface area is 196 Å². The molecule has 1 heterocycles. The first-order chi connectivity index (χ1) is 15.4. The smallest absolute Gasteiger partial charge is 0.269 e. The van der Waals surface area contributed by atoms with Crippen molar-refractivity contribution in [3.05, 3.63) is 99.6 Å². The van der Waals surface area contributed by atoms with Crippen LogP contribution in [0.3, 0.4) is 0 Å². The van der Waals surface area contributed by atoms with Crippen LogP contribution in [0, 0.1) is 24.0 Å². The van der Waals surface area contributed by atoms with Crippen LogP contribution in [0.15, 0.2) is 77.8 Å². The van der Waals surface area contributed by atoms with Crippen LogP contribution in [0.25, 0.3) is 0 Å². The van der Waals surface area contributed by atoms with E-state index in [4.69, 9.17) is 17.2 Å². The van der Waals surface area contributed by atoms with Crippen LogP contribution in [0.2, 0.25) is 0 Å². The van der Waals surface area contributed by atoms with Gasteiger partial charge in [-0.2, -0.15) is 0 Å². The summed E-state index contributed by atoms with van der Waals surface area (Å²) in [6.07, 6.45) is 0. The Kier molecular flexibility index (Phi) is 6.53. The lowest BCUT2D eigenvalue weighted by molar-refractivity contribution is -0.384. The van der Waals surface area contributed by atoms with Crippen LogP contribution >= 0.6 is 24.0 Å². The maximum Gasteiger partial charge on any atom is 0.269 e. The van der Waals surface area contributed by atoms with Gasteiger partial charge in [-0.25, -0.2) is 4.99 Å². The van der Waals surface area contributed by atoms with Gasteiger partial charge in [0.1, 0.15) is 0 Å². The molecule has 3 aromatic rings. The number of aliphatic imine (C=N–C) groups is 1. The van der Waals surface area contributed by atoms with E-state index in [2.05, 4.69) is 5.32 Å². The van der Waals surface area contributed by atoms with Gasteiger partial charge in [0.2, 0.25) is 0 Å². The normalized spacial score (nSPS) is 16.9. The lowest BCUT2D eigenvalue weighted by atomic mass is 10.1. The van der Waals surface area contributed by atoms with E-state index in [1.165, 1.54) is 0 Å². The number of hydrogen-bond donors (Lipinski definition) is 1. The van der Waals surface area contributed by atoms with Gasteiger partial charge in [0.15, 0.2) is 10.3 Å². The number of amidine groups is 1. The monoisotopic (exact) mass is 462 g/mol. The van der Waals surface area contributed by atoms with Crippen molar-refractivity contribution < 1.29 is 4.92 Å². The molecule has 0 amide bonds. The topological polar surface area (TPSA) is 70.8 Å². The zero-order chi connectivity index (χ0) is 22.7. The molecule has 0 aromatic heterocycles. The van der Waals surface area contributed by atoms with Crippen molar-refractivity contribution in [1.29, 1.82) is 0 Å². The molecular formula is C24H22N4O2S2. The van der Waals surface area contributed by atoms with Gasteiger partial charge >= 0.3 is 0 Å². The summed E-state index contributed by atoms with van der Waals surface area (Å²) >= 11 is 7.36. The minimum atomic E-state index is -0.385. The molecule has 0 bridgehead atoms. The Morgan fingerprint density at radius 3 is 2.56 bits per heavy atom. The number of rotatable bonds is 4. The van der Waals surface area contributed by atoms with Crippen LogP contribution in [-0.4, -0.2) is 26.6 Å². The second kappa shape index (κ2) is 9.50. The number of nitro groups is 1. The molecule has 32 heavy (non-hydrogen) atoms. The molecule has 1 aliphatic heterocycles. The van der Waals surface area contributed by atoms with E-state index >= 15 is 0 Å². The summed E-state index contributed by atoms with van der Waals surface area (Å²) in [5.41, 5.74) is 5.12. The number of nitro benzene ring substituents is 1. The molecule has 6 nitrogen and oxygen atoms in total. The fourth-order valence-corrected chi connectivity index (χ4v) is 4.97. The minimum Gasteiger partial charge on any atom is -0.332 e. The summed E-state index contributed by atoms with van der Waals surface area (Å²) in [5.74, 6) is 0. The number of aryl methyl sites for hydroxylation is 2. The second-order valence-electron chi connectivity index (χ2n) is 7.55. The summed E-state index contributed by atoms with van der Waals surface area (Å²) in [5, 5.41) is 15.8. The highest BCUT2D eigenvalue weighted by molar-refractivity contribution is 8.14. The molecule has 1 atom stereocenters. The van der Waals surface area contributed by atoms with Crippen molar-refractivity contribution >= 4 is 51.3 Å². The SMILES string of the molecule is Cc1cccc(NC(=S)N2CC(c3ccc([N+](=O)[O-])cc3)SC2=Nc2ccccc2C)c1. The zero-order valence-corrected chi connectivity index (χ0v) is 19.3. The fraction of sp³-hybridized carbons (Fsp3) is 0.167. The standard InChI is InChI=1S/C24H22N4O2S2/c1-16-6-5-8-19(14-16)25-23(31)27-15-22(18-10-12-20(13-11-18)28(29)30)32-24(27)26-21-9-4-3-7-17(21)2/h3-14,22H,15H2,1-2H3,(H,25,31).